The van der Waals surface area contributed by atoms with Gasteiger partial charge in [-0.05, 0) is 62.1 Å². The molecule has 5 nitrogen and oxygen atoms in total. The topological polar surface area (TPSA) is 55.8 Å². The summed E-state index contributed by atoms with van der Waals surface area (Å²) >= 11 is 1.71. The van der Waals surface area contributed by atoms with Gasteiger partial charge >= 0.3 is 0 Å². The Labute approximate surface area is 188 Å². The average molecular weight is 440 g/mol. The number of thioether (sulfide) groups is 1. The first kappa shape index (κ1) is 21.9. The van der Waals surface area contributed by atoms with Gasteiger partial charge in [0.15, 0.2) is 5.78 Å². The Balaban J connectivity index is 1.35. The smallest absolute Gasteiger partial charge is 0.254 e. The molecule has 4 rings (SSSR count). The molecule has 2 aliphatic rings. The second-order valence-corrected chi connectivity index (χ2v) is 9.16. The number of ketones is 1. The zero-order chi connectivity index (χ0) is 21.6. The van der Waals surface area contributed by atoms with Crippen LogP contribution in [0.15, 0.2) is 53.4 Å². The number of hydrogen-bond acceptors (Lipinski definition) is 5. The van der Waals surface area contributed by atoms with Gasteiger partial charge < -0.3 is 14.4 Å². The molecule has 0 saturated carbocycles. The molecule has 6 heteroatoms. The number of hydrogen-bond donors (Lipinski definition) is 0. The SMILES string of the molecule is COc1ccc(C(=O)C2CCN(C(=O)c3ccccc3SC[C@@H]3CCCO3)CC2)cc1. The number of likely N-dealkylation sites (tertiary alicyclic amines) is 1. The second-order valence-electron chi connectivity index (χ2n) is 8.10. The Hall–Kier alpha value is -2.31. The van der Waals surface area contributed by atoms with Crippen LogP contribution in [0.25, 0.3) is 0 Å². The van der Waals surface area contributed by atoms with Gasteiger partial charge in [-0.25, -0.2) is 0 Å². The van der Waals surface area contributed by atoms with Crippen LogP contribution in [0.5, 0.6) is 5.75 Å². The molecule has 2 aliphatic heterocycles. The first-order valence-electron chi connectivity index (χ1n) is 11.0. The zero-order valence-corrected chi connectivity index (χ0v) is 18.7. The molecule has 2 fully saturated rings. The van der Waals surface area contributed by atoms with E-state index >= 15 is 0 Å². The van der Waals surface area contributed by atoms with Crippen LogP contribution in [-0.4, -0.2) is 55.3 Å². The summed E-state index contributed by atoms with van der Waals surface area (Å²) in [5.74, 6) is 1.80. The lowest BCUT2D eigenvalue weighted by Crippen LogP contribution is -2.40. The van der Waals surface area contributed by atoms with Crippen molar-refractivity contribution >= 4 is 23.5 Å². The molecule has 0 radical (unpaired) electrons. The molecule has 1 amide bonds. The highest BCUT2D eigenvalue weighted by Crippen LogP contribution is 2.29. The summed E-state index contributed by atoms with van der Waals surface area (Å²) in [6, 6.07) is 15.1. The lowest BCUT2D eigenvalue weighted by atomic mass is 9.88. The van der Waals surface area contributed by atoms with Crippen LogP contribution in [0.4, 0.5) is 0 Å². The number of piperidine rings is 1. The minimum absolute atomic E-state index is 0.0402. The number of amides is 1. The largest absolute Gasteiger partial charge is 0.497 e. The maximum Gasteiger partial charge on any atom is 0.254 e. The third kappa shape index (κ3) is 5.31. The normalized spacial score (nSPS) is 19.4. The summed E-state index contributed by atoms with van der Waals surface area (Å²) in [5, 5.41) is 0. The Bertz CT molecular complexity index is 900. The van der Waals surface area contributed by atoms with E-state index in [0.29, 0.717) is 31.5 Å². The lowest BCUT2D eigenvalue weighted by molar-refractivity contribution is 0.0647. The van der Waals surface area contributed by atoms with Crippen molar-refractivity contribution in [1.82, 2.24) is 4.90 Å². The van der Waals surface area contributed by atoms with E-state index in [2.05, 4.69) is 0 Å². The van der Waals surface area contributed by atoms with E-state index in [9.17, 15) is 9.59 Å². The number of carbonyl (C=O) groups excluding carboxylic acids is 2. The number of nitrogens with zero attached hydrogens (tertiary/aromatic N) is 1. The Morgan fingerprint density at radius 1 is 1.06 bits per heavy atom. The predicted octanol–water partition coefficient (Wildman–Crippen LogP) is 4.70. The highest BCUT2D eigenvalue weighted by atomic mass is 32.2. The van der Waals surface area contributed by atoms with Crippen molar-refractivity contribution in [2.24, 2.45) is 5.92 Å². The fourth-order valence-electron chi connectivity index (χ4n) is 4.23. The molecule has 2 saturated heterocycles. The number of carbonyl (C=O) groups is 2. The van der Waals surface area contributed by atoms with E-state index in [1.54, 1.807) is 18.9 Å². The van der Waals surface area contributed by atoms with Gasteiger partial charge in [-0.15, -0.1) is 11.8 Å². The number of ether oxygens (including phenoxy) is 2. The van der Waals surface area contributed by atoms with Crippen molar-refractivity contribution < 1.29 is 19.1 Å². The summed E-state index contributed by atoms with van der Waals surface area (Å²) in [6.07, 6.45) is 3.89. The predicted molar refractivity (Wildman–Crippen MR) is 122 cm³/mol. The van der Waals surface area contributed by atoms with Crippen LogP contribution >= 0.6 is 11.8 Å². The van der Waals surface area contributed by atoms with Gasteiger partial charge in [-0.1, -0.05) is 12.1 Å². The van der Waals surface area contributed by atoms with Crippen LogP contribution in [-0.2, 0) is 4.74 Å². The summed E-state index contributed by atoms with van der Waals surface area (Å²) < 4.78 is 10.9. The van der Waals surface area contributed by atoms with Gasteiger partial charge in [0, 0.05) is 41.8 Å². The number of Topliss-reactive ketones (excluding diaryl/α,β-unsaturated/α-hetero) is 1. The Kier molecular flexibility index (Phi) is 7.30. The molecule has 0 bridgehead atoms. The third-order valence-electron chi connectivity index (χ3n) is 6.09. The van der Waals surface area contributed by atoms with Gasteiger partial charge in [-0.3, -0.25) is 9.59 Å². The maximum absolute atomic E-state index is 13.2. The van der Waals surface area contributed by atoms with Gasteiger partial charge in [0.25, 0.3) is 5.91 Å². The Morgan fingerprint density at radius 2 is 1.81 bits per heavy atom. The van der Waals surface area contributed by atoms with E-state index in [1.807, 2.05) is 53.4 Å². The average Bonchev–Trinajstić information content (AvgIpc) is 3.36. The molecule has 1 atom stereocenters. The quantitative estimate of drug-likeness (QED) is 0.462. The summed E-state index contributed by atoms with van der Waals surface area (Å²) in [7, 11) is 1.61. The fraction of sp³-hybridized carbons (Fsp3) is 0.440. The number of methoxy groups -OCH3 is 1. The van der Waals surface area contributed by atoms with E-state index in [1.165, 1.54) is 0 Å². The molecule has 2 heterocycles. The van der Waals surface area contributed by atoms with Crippen molar-refractivity contribution in [3.05, 3.63) is 59.7 Å². The van der Waals surface area contributed by atoms with E-state index in [-0.39, 0.29) is 23.7 Å². The van der Waals surface area contributed by atoms with Crippen molar-refractivity contribution in [3.63, 3.8) is 0 Å². The third-order valence-corrected chi connectivity index (χ3v) is 7.30. The van der Waals surface area contributed by atoms with Gasteiger partial charge in [0.05, 0.1) is 18.8 Å². The summed E-state index contributed by atoms with van der Waals surface area (Å²) in [5.41, 5.74) is 1.46. The highest BCUT2D eigenvalue weighted by Gasteiger charge is 2.29. The van der Waals surface area contributed by atoms with Crippen LogP contribution < -0.4 is 4.74 Å². The van der Waals surface area contributed by atoms with Crippen LogP contribution in [0.2, 0.25) is 0 Å². The molecular formula is C25H29NO4S. The van der Waals surface area contributed by atoms with E-state index < -0.39 is 0 Å². The standard InChI is InChI=1S/C25H29NO4S/c1-29-20-10-8-18(9-11-20)24(27)19-12-14-26(15-13-19)25(28)22-6-2-3-7-23(22)31-17-21-5-4-16-30-21/h2-3,6-11,19,21H,4-5,12-17H2,1H3/t21-/m0/s1. The van der Waals surface area contributed by atoms with Crippen molar-refractivity contribution in [3.8, 4) is 5.75 Å². The summed E-state index contributed by atoms with van der Waals surface area (Å²) in [6.45, 7) is 2.06. The van der Waals surface area contributed by atoms with Crippen molar-refractivity contribution in [1.29, 1.82) is 0 Å². The summed E-state index contributed by atoms with van der Waals surface area (Å²) in [4.78, 5) is 29.0. The molecule has 0 N–H and O–H groups in total. The van der Waals surface area contributed by atoms with Crippen LogP contribution in [0, 0.1) is 5.92 Å². The van der Waals surface area contributed by atoms with Crippen molar-refractivity contribution in [2.45, 2.75) is 36.7 Å². The highest BCUT2D eigenvalue weighted by molar-refractivity contribution is 7.99. The molecular weight excluding hydrogens is 410 g/mol. The number of rotatable bonds is 7. The lowest BCUT2D eigenvalue weighted by Gasteiger charge is -2.32. The fourth-order valence-corrected chi connectivity index (χ4v) is 5.35. The monoisotopic (exact) mass is 439 g/mol. The van der Waals surface area contributed by atoms with E-state index in [0.717, 1.165) is 41.4 Å². The molecule has 0 unspecified atom stereocenters. The van der Waals surface area contributed by atoms with Gasteiger partial charge in [-0.2, -0.15) is 0 Å². The minimum atomic E-state index is -0.0402. The molecule has 31 heavy (non-hydrogen) atoms. The molecule has 0 aliphatic carbocycles. The first-order chi connectivity index (χ1) is 15.2. The second kappa shape index (κ2) is 10.3. The maximum atomic E-state index is 13.2. The first-order valence-corrected chi connectivity index (χ1v) is 11.9. The molecule has 0 aromatic heterocycles. The molecule has 0 spiro atoms. The Morgan fingerprint density at radius 3 is 2.48 bits per heavy atom. The molecule has 164 valence electrons. The van der Waals surface area contributed by atoms with E-state index in [4.69, 9.17) is 9.47 Å². The molecule has 2 aromatic carbocycles. The van der Waals surface area contributed by atoms with Gasteiger partial charge in [0.1, 0.15) is 5.75 Å². The molecule has 2 aromatic rings. The van der Waals surface area contributed by atoms with Crippen LogP contribution in [0.3, 0.4) is 0 Å². The minimum Gasteiger partial charge on any atom is -0.497 e. The number of benzene rings is 2. The van der Waals surface area contributed by atoms with Crippen molar-refractivity contribution in [2.75, 3.05) is 32.6 Å². The zero-order valence-electron chi connectivity index (χ0n) is 17.9. The van der Waals surface area contributed by atoms with Gasteiger partial charge in [0.2, 0.25) is 0 Å². The van der Waals surface area contributed by atoms with Crippen LogP contribution in [0.1, 0.15) is 46.4 Å².